The zero-order valence-electron chi connectivity index (χ0n) is 44.9. The van der Waals surface area contributed by atoms with Gasteiger partial charge >= 0.3 is 5.97 Å². The maximum atomic E-state index is 12.4. The highest BCUT2D eigenvalue weighted by Gasteiger charge is 2.18. The van der Waals surface area contributed by atoms with Gasteiger partial charge < -0.3 is 20.3 Å². The van der Waals surface area contributed by atoms with Gasteiger partial charge in [-0.05, 0) is 57.8 Å². The molecule has 6 nitrogen and oxygen atoms in total. The highest BCUT2D eigenvalue weighted by molar-refractivity contribution is 5.76. The topological polar surface area (TPSA) is 95.9 Å². The Morgan fingerprint density at radius 3 is 1.19 bits per heavy atom. The van der Waals surface area contributed by atoms with Crippen molar-refractivity contribution in [3.8, 4) is 0 Å². The van der Waals surface area contributed by atoms with Crippen molar-refractivity contribution in [1.82, 2.24) is 5.32 Å². The Hall–Kier alpha value is -1.92. The molecule has 67 heavy (non-hydrogen) atoms. The summed E-state index contributed by atoms with van der Waals surface area (Å²) in [5, 5.41) is 22.9. The minimum atomic E-state index is -0.840. The van der Waals surface area contributed by atoms with E-state index in [0.717, 1.165) is 51.4 Å². The second kappa shape index (κ2) is 56.7. The molecule has 0 aromatic carbocycles. The van der Waals surface area contributed by atoms with Gasteiger partial charge in [-0.15, -0.1) is 0 Å². The fourth-order valence-corrected chi connectivity index (χ4v) is 9.08. The van der Waals surface area contributed by atoms with E-state index in [4.69, 9.17) is 4.74 Å². The molecule has 0 saturated carbocycles. The molecule has 0 rings (SSSR count). The first-order valence-corrected chi connectivity index (χ1v) is 29.8. The first-order valence-electron chi connectivity index (χ1n) is 29.8. The summed E-state index contributed by atoms with van der Waals surface area (Å²) in [6.45, 7) is 4.81. The van der Waals surface area contributed by atoms with Crippen LogP contribution in [0.25, 0.3) is 0 Å². The van der Waals surface area contributed by atoms with Gasteiger partial charge in [0.1, 0.15) is 0 Å². The van der Waals surface area contributed by atoms with Gasteiger partial charge in [-0.1, -0.05) is 281 Å². The molecule has 0 aliphatic carbocycles. The van der Waals surface area contributed by atoms with E-state index in [1.165, 1.54) is 238 Å². The number of unbranched alkanes of at least 4 members (excludes halogenated alkanes) is 40. The molecular formula is C61H115NO5. The van der Waals surface area contributed by atoms with Gasteiger partial charge in [0, 0.05) is 12.8 Å². The number of carbonyl (C=O) groups excluding carboxylic acids is 2. The average Bonchev–Trinajstić information content (AvgIpc) is 3.33. The number of ether oxygens (including phenoxy) is 1. The van der Waals surface area contributed by atoms with Crippen LogP contribution in [0.15, 0.2) is 36.5 Å². The van der Waals surface area contributed by atoms with Gasteiger partial charge in [0.15, 0.2) is 0 Å². The van der Waals surface area contributed by atoms with E-state index < -0.39 is 12.1 Å². The largest absolute Gasteiger partial charge is 0.466 e. The number of hydrogen-bond acceptors (Lipinski definition) is 5. The van der Waals surface area contributed by atoms with E-state index in [0.29, 0.717) is 19.4 Å². The quantitative estimate of drug-likeness (QED) is 0.0321. The van der Waals surface area contributed by atoms with Crippen LogP contribution in [0.4, 0.5) is 0 Å². The standard InChI is InChI=1S/C61H115NO5/c1-3-5-7-9-11-13-14-31-35-39-43-47-51-55-61(66)67-56-52-48-44-40-36-33-30-28-26-24-22-20-18-16-15-17-19-21-23-25-27-29-32-34-38-42-46-50-54-60(65)62-58(57-63)59(64)53-49-45-41-37-12-10-8-6-4-2/h7,9,13-14,49,53,58-59,63-64H,3-6,8,10-12,15-48,50-52,54-57H2,1-2H3,(H,62,65)/b9-7-,14-13-,53-49+. The average molecular weight is 943 g/mol. The normalized spacial score (nSPS) is 12.8. The molecule has 6 heteroatoms. The molecule has 0 fully saturated rings. The number of hydrogen-bond donors (Lipinski definition) is 3. The molecule has 2 atom stereocenters. The van der Waals surface area contributed by atoms with Crippen molar-refractivity contribution in [2.75, 3.05) is 13.2 Å². The molecule has 2 unspecified atom stereocenters. The second-order valence-electron chi connectivity index (χ2n) is 20.3. The maximum absolute atomic E-state index is 12.4. The molecule has 0 aliphatic heterocycles. The highest BCUT2D eigenvalue weighted by atomic mass is 16.5. The zero-order chi connectivity index (χ0) is 48.6. The lowest BCUT2D eigenvalue weighted by molar-refractivity contribution is -0.143. The molecule has 0 aromatic heterocycles. The molecule has 1 amide bonds. The van der Waals surface area contributed by atoms with Gasteiger partial charge in [0.25, 0.3) is 0 Å². The highest BCUT2D eigenvalue weighted by Crippen LogP contribution is 2.17. The van der Waals surface area contributed by atoms with E-state index >= 15 is 0 Å². The second-order valence-corrected chi connectivity index (χ2v) is 20.3. The summed E-state index contributed by atoms with van der Waals surface area (Å²) in [7, 11) is 0. The summed E-state index contributed by atoms with van der Waals surface area (Å²) in [6, 6.07) is -0.623. The molecule has 0 saturated heterocycles. The van der Waals surface area contributed by atoms with Crippen molar-refractivity contribution < 1.29 is 24.5 Å². The Labute approximate surface area is 417 Å². The summed E-state index contributed by atoms with van der Waals surface area (Å²) < 4.78 is 5.47. The number of amides is 1. The number of aliphatic hydroxyl groups excluding tert-OH is 2. The van der Waals surface area contributed by atoms with Crippen LogP contribution in [0.5, 0.6) is 0 Å². The predicted molar refractivity (Wildman–Crippen MR) is 292 cm³/mol. The first kappa shape index (κ1) is 65.1. The van der Waals surface area contributed by atoms with Crippen LogP contribution in [0.2, 0.25) is 0 Å². The third-order valence-electron chi connectivity index (χ3n) is 13.6. The summed E-state index contributed by atoms with van der Waals surface area (Å²) in [5.41, 5.74) is 0. The van der Waals surface area contributed by atoms with Crippen molar-refractivity contribution in [2.45, 2.75) is 328 Å². The molecule has 0 spiro atoms. The number of aliphatic hydroxyl groups is 2. The Morgan fingerprint density at radius 1 is 0.418 bits per heavy atom. The van der Waals surface area contributed by atoms with Gasteiger partial charge in [0.2, 0.25) is 5.91 Å². The molecule has 0 bridgehead atoms. The van der Waals surface area contributed by atoms with Gasteiger partial charge in [-0.3, -0.25) is 9.59 Å². The van der Waals surface area contributed by atoms with Crippen LogP contribution in [0, 0.1) is 0 Å². The van der Waals surface area contributed by atoms with Crippen LogP contribution in [0.3, 0.4) is 0 Å². The zero-order valence-corrected chi connectivity index (χ0v) is 44.9. The van der Waals surface area contributed by atoms with Crippen LogP contribution >= 0.6 is 0 Å². The Kier molecular flexibility index (Phi) is 55.0. The number of carbonyl (C=O) groups is 2. The van der Waals surface area contributed by atoms with Crippen molar-refractivity contribution in [1.29, 1.82) is 0 Å². The molecule has 0 heterocycles. The summed E-state index contributed by atoms with van der Waals surface area (Å²) in [4.78, 5) is 24.4. The third kappa shape index (κ3) is 53.3. The Morgan fingerprint density at radius 2 is 0.776 bits per heavy atom. The number of nitrogens with one attached hydrogen (secondary N) is 1. The minimum absolute atomic E-state index is 0.00264. The van der Waals surface area contributed by atoms with E-state index in [1.807, 2.05) is 6.08 Å². The fourth-order valence-electron chi connectivity index (χ4n) is 9.08. The monoisotopic (exact) mass is 942 g/mol. The van der Waals surface area contributed by atoms with Crippen LogP contribution in [0.1, 0.15) is 316 Å². The van der Waals surface area contributed by atoms with Crippen LogP contribution < -0.4 is 5.32 Å². The van der Waals surface area contributed by atoms with E-state index in [2.05, 4.69) is 43.5 Å². The van der Waals surface area contributed by atoms with Crippen molar-refractivity contribution in [2.24, 2.45) is 0 Å². The Balaban J connectivity index is 3.33. The molecule has 394 valence electrons. The first-order chi connectivity index (χ1) is 33.0. The van der Waals surface area contributed by atoms with Crippen LogP contribution in [-0.2, 0) is 14.3 Å². The fraction of sp³-hybridized carbons (Fsp3) is 0.869. The smallest absolute Gasteiger partial charge is 0.305 e. The molecule has 0 aromatic rings. The molecule has 0 radical (unpaired) electrons. The van der Waals surface area contributed by atoms with Gasteiger partial charge in [-0.2, -0.15) is 0 Å². The molecule has 0 aliphatic rings. The van der Waals surface area contributed by atoms with Crippen molar-refractivity contribution in [3.63, 3.8) is 0 Å². The van der Waals surface area contributed by atoms with Gasteiger partial charge in [0.05, 0.1) is 25.4 Å². The van der Waals surface area contributed by atoms with E-state index in [9.17, 15) is 19.8 Å². The minimum Gasteiger partial charge on any atom is -0.466 e. The summed E-state index contributed by atoms with van der Waals surface area (Å²) in [5.74, 6) is -0.0647. The lowest BCUT2D eigenvalue weighted by Gasteiger charge is -2.20. The molecular weight excluding hydrogens is 827 g/mol. The van der Waals surface area contributed by atoms with E-state index in [1.54, 1.807) is 6.08 Å². The van der Waals surface area contributed by atoms with E-state index in [-0.39, 0.29) is 18.5 Å². The van der Waals surface area contributed by atoms with Gasteiger partial charge in [-0.25, -0.2) is 0 Å². The van der Waals surface area contributed by atoms with Crippen molar-refractivity contribution in [3.05, 3.63) is 36.5 Å². The lowest BCUT2D eigenvalue weighted by Crippen LogP contribution is -2.45. The van der Waals surface area contributed by atoms with Crippen molar-refractivity contribution >= 4 is 11.9 Å². The molecule has 3 N–H and O–H groups in total. The number of esters is 1. The lowest BCUT2D eigenvalue weighted by atomic mass is 10.0. The number of rotatable bonds is 55. The summed E-state index contributed by atoms with van der Waals surface area (Å²) >= 11 is 0. The SMILES string of the molecule is CCC/C=C\C/C=C\CCCCCCCC(=O)OCCCCCCCCCCCCCCCCCCCCCCCCCCCCCCC(=O)NC(CO)C(O)/C=C/CCCCCCCCC. The maximum Gasteiger partial charge on any atom is 0.305 e. The number of allylic oxidation sites excluding steroid dienone is 5. The predicted octanol–water partition coefficient (Wildman–Crippen LogP) is 18.4. The Bertz CT molecular complexity index is 1090. The summed E-state index contributed by atoms with van der Waals surface area (Å²) in [6.07, 6.45) is 70.6. The van der Waals surface area contributed by atoms with Crippen LogP contribution in [-0.4, -0.2) is 47.4 Å². The third-order valence-corrected chi connectivity index (χ3v) is 13.6.